The highest BCUT2D eigenvalue weighted by molar-refractivity contribution is 6.33. The number of ether oxygens (including phenoxy) is 1. The Morgan fingerprint density at radius 1 is 1.18 bits per heavy atom. The molecule has 1 saturated heterocycles. The fourth-order valence-electron chi connectivity index (χ4n) is 3.18. The van der Waals surface area contributed by atoms with E-state index in [2.05, 4.69) is 5.32 Å². The van der Waals surface area contributed by atoms with E-state index in [0.29, 0.717) is 10.7 Å². The predicted molar refractivity (Wildman–Crippen MR) is 106 cm³/mol. The maximum Gasteiger partial charge on any atom is 0.311 e. The van der Waals surface area contributed by atoms with E-state index in [1.807, 2.05) is 37.3 Å². The van der Waals surface area contributed by atoms with Crippen LogP contribution in [0.2, 0.25) is 5.02 Å². The summed E-state index contributed by atoms with van der Waals surface area (Å²) in [5.41, 5.74) is 1.45. The lowest BCUT2D eigenvalue weighted by molar-refractivity contribution is -0.151. The molecule has 1 heterocycles. The van der Waals surface area contributed by atoms with Gasteiger partial charge in [-0.1, -0.05) is 54.1 Å². The third-order valence-electron chi connectivity index (χ3n) is 4.73. The maximum atomic E-state index is 12.3. The molecular weight excluding hydrogens is 380 g/mol. The Bertz CT molecular complexity index is 872. The first-order chi connectivity index (χ1) is 13.5. The van der Waals surface area contributed by atoms with E-state index in [-0.39, 0.29) is 24.9 Å². The zero-order valence-corrected chi connectivity index (χ0v) is 16.2. The number of amides is 2. The minimum Gasteiger partial charge on any atom is -0.455 e. The normalized spacial score (nSPS) is 17.3. The average Bonchev–Trinajstić information content (AvgIpc) is 3.10. The van der Waals surface area contributed by atoms with E-state index in [1.54, 1.807) is 29.2 Å². The second kappa shape index (κ2) is 8.89. The Kier molecular flexibility index (Phi) is 6.31. The second-order valence-corrected chi connectivity index (χ2v) is 7.08. The smallest absolute Gasteiger partial charge is 0.311 e. The standard InChI is InChI=1S/C21H21ClN2O4/c1-14(15-7-3-2-4-8-15)24-12-16(11-20(24)26)21(27)28-13-19(25)23-18-10-6-5-9-17(18)22/h2-10,14,16H,11-13H2,1H3,(H,23,25)/t14-,16+/m0/s1. The van der Waals surface area contributed by atoms with Crippen molar-refractivity contribution in [1.82, 2.24) is 4.90 Å². The molecule has 28 heavy (non-hydrogen) atoms. The van der Waals surface area contributed by atoms with Crippen molar-refractivity contribution in [3.8, 4) is 0 Å². The van der Waals surface area contributed by atoms with Gasteiger partial charge < -0.3 is 15.0 Å². The lowest BCUT2D eigenvalue weighted by Gasteiger charge is -2.25. The minimum atomic E-state index is -0.577. The number of hydrogen-bond acceptors (Lipinski definition) is 4. The summed E-state index contributed by atoms with van der Waals surface area (Å²) in [4.78, 5) is 38.3. The van der Waals surface area contributed by atoms with Gasteiger partial charge in [-0.2, -0.15) is 0 Å². The van der Waals surface area contributed by atoms with Crippen LogP contribution >= 0.6 is 11.6 Å². The number of carbonyl (C=O) groups is 3. The first-order valence-electron chi connectivity index (χ1n) is 9.01. The number of esters is 1. The molecule has 2 aromatic rings. The van der Waals surface area contributed by atoms with Crippen LogP contribution in [0.3, 0.4) is 0 Å². The minimum absolute atomic E-state index is 0.0855. The van der Waals surface area contributed by atoms with Crippen LogP contribution in [0, 0.1) is 5.92 Å². The molecule has 0 bridgehead atoms. The van der Waals surface area contributed by atoms with Gasteiger partial charge in [-0.25, -0.2) is 0 Å². The summed E-state index contributed by atoms with van der Waals surface area (Å²) in [5.74, 6) is -1.71. The van der Waals surface area contributed by atoms with Crippen molar-refractivity contribution in [1.29, 1.82) is 0 Å². The van der Waals surface area contributed by atoms with E-state index >= 15 is 0 Å². The number of halogens is 1. The number of anilines is 1. The summed E-state index contributed by atoms with van der Waals surface area (Å²) in [7, 11) is 0. The van der Waals surface area contributed by atoms with Crippen LogP contribution in [0.5, 0.6) is 0 Å². The number of hydrogen-bond donors (Lipinski definition) is 1. The van der Waals surface area contributed by atoms with Gasteiger partial charge in [-0.05, 0) is 24.6 Å². The molecule has 0 aliphatic carbocycles. The van der Waals surface area contributed by atoms with Crippen molar-refractivity contribution >= 4 is 35.1 Å². The zero-order valence-electron chi connectivity index (χ0n) is 15.4. The van der Waals surface area contributed by atoms with Gasteiger partial charge in [0.25, 0.3) is 5.91 Å². The van der Waals surface area contributed by atoms with Crippen LogP contribution in [-0.4, -0.2) is 35.8 Å². The average molecular weight is 401 g/mol. The molecule has 0 aromatic heterocycles. The molecule has 0 unspecified atom stereocenters. The van der Waals surface area contributed by atoms with Gasteiger partial charge in [-0.3, -0.25) is 14.4 Å². The second-order valence-electron chi connectivity index (χ2n) is 6.67. The molecular formula is C21H21ClN2O4. The number of nitrogens with one attached hydrogen (secondary N) is 1. The van der Waals surface area contributed by atoms with Gasteiger partial charge >= 0.3 is 5.97 Å². The molecule has 146 valence electrons. The third-order valence-corrected chi connectivity index (χ3v) is 5.06. The number of likely N-dealkylation sites (tertiary alicyclic amines) is 1. The topological polar surface area (TPSA) is 75.7 Å². The van der Waals surface area contributed by atoms with E-state index < -0.39 is 24.4 Å². The highest BCUT2D eigenvalue weighted by Gasteiger charge is 2.38. The molecule has 1 fully saturated rings. The molecule has 1 aliphatic heterocycles. The molecule has 7 heteroatoms. The van der Waals surface area contributed by atoms with E-state index in [1.165, 1.54) is 0 Å². The van der Waals surface area contributed by atoms with Crippen molar-refractivity contribution in [3.05, 3.63) is 65.2 Å². The van der Waals surface area contributed by atoms with Crippen molar-refractivity contribution in [3.63, 3.8) is 0 Å². The van der Waals surface area contributed by atoms with Crippen LogP contribution in [0.1, 0.15) is 24.9 Å². The highest BCUT2D eigenvalue weighted by atomic mass is 35.5. The molecule has 3 rings (SSSR count). The SMILES string of the molecule is C[C@@H](c1ccccc1)N1C[C@H](C(=O)OCC(=O)Nc2ccccc2Cl)CC1=O. The molecule has 2 amide bonds. The molecule has 6 nitrogen and oxygen atoms in total. The lowest BCUT2D eigenvalue weighted by atomic mass is 10.1. The Labute approximate surface area is 168 Å². The first-order valence-corrected chi connectivity index (χ1v) is 9.39. The van der Waals surface area contributed by atoms with E-state index in [0.717, 1.165) is 5.56 Å². The molecule has 2 atom stereocenters. The van der Waals surface area contributed by atoms with Crippen LogP contribution < -0.4 is 5.32 Å². The van der Waals surface area contributed by atoms with Crippen LogP contribution in [0.4, 0.5) is 5.69 Å². The predicted octanol–water partition coefficient (Wildman–Crippen LogP) is 3.43. The van der Waals surface area contributed by atoms with Crippen LogP contribution in [-0.2, 0) is 19.1 Å². The zero-order chi connectivity index (χ0) is 20.1. The van der Waals surface area contributed by atoms with E-state index in [4.69, 9.17) is 16.3 Å². The van der Waals surface area contributed by atoms with Gasteiger partial charge in [0.15, 0.2) is 6.61 Å². The Balaban J connectivity index is 1.52. The Hall–Kier alpha value is -2.86. The summed E-state index contributed by atoms with van der Waals surface area (Å²) in [5, 5.41) is 2.99. The molecule has 1 aliphatic rings. The summed E-state index contributed by atoms with van der Waals surface area (Å²) in [6, 6.07) is 16.3. The first kappa shape index (κ1) is 19.9. The number of carbonyl (C=O) groups excluding carboxylic acids is 3. The van der Waals surface area contributed by atoms with E-state index in [9.17, 15) is 14.4 Å². The number of benzene rings is 2. The van der Waals surface area contributed by atoms with Crippen LogP contribution in [0.25, 0.3) is 0 Å². The number of nitrogens with zero attached hydrogens (tertiary/aromatic N) is 1. The molecule has 0 spiro atoms. The lowest BCUT2D eigenvalue weighted by Crippen LogP contribution is -2.30. The number of rotatable bonds is 6. The van der Waals surface area contributed by atoms with Crippen molar-refractivity contribution < 1.29 is 19.1 Å². The molecule has 1 N–H and O–H groups in total. The number of para-hydroxylation sites is 1. The van der Waals surface area contributed by atoms with Crippen LogP contribution in [0.15, 0.2) is 54.6 Å². The molecule has 0 saturated carbocycles. The third kappa shape index (κ3) is 4.70. The van der Waals surface area contributed by atoms with Gasteiger partial charge in [0.05, 0.1) is 22.7 Å². The fraction of sp³-hybridized carbons (Fsp3) is 0.286. The van der Waals surface area contributed by atoms with Gasteiger partial charge in [0, 0.05) is 13.0 Å². The Morgan fingerprint density at radius 3 is 2.57 bits per heavy atom. The quantitative estimate of drug-likeness (QED) is 0.754. The molecule has 2 aromatic carbocycles. The fourth-order valence-corrected chi connectivity index (χ4v) is 3.36. The molecule has 0 radical (unpaired) electrons. The summed E-state index contributed by atoms with van der Waals surface area (Å²) in [6.45, 7) is 1.78. The van der Waals surface area contributed by atoms with Gasteiger partial charge in [-0.15, -0.1) is 0 Å². The summed E-state index contributed by atoms with van der Waals surface area (Å²) < 4.78 is 5.11. The summed E-state index contributed by atoms with van der Waals surface area (Å²) in [6.07, 6.45) is 0.0855. The van der Waals surface area contributed by atoms with Gasteiger partial charge in [0.1, 0.15) is 0 Å². The monoisotopic (exact) mass is 400 g/mol. The summed E-state index contributed by atoms with van der Waals surface area (Å²) >= 11 is 5.98. The van der Waals surface area contributed by atoms with Crippen molar-refractivity contribution in [2.75, 3.05) is 18.5 Å². The Morgan fingerprint density at radius 2 is 1.86 bits per heavy atom. The largest absolute Gasteiger partial charge is 0.455 e. The van der Waals surface area contributed by atoms with Crippen molar-refractivity contribution in [2.45, 2.75) is 19.4 Å². The maximum absolute atomic E-state index is 12.3. The van der Waals surface area contributed by atoms with Crippen molar-refractivity contribution in [2.24, 2.45) is 5.92 Å². The van der Waals surface area contributed by atoms with Gasteiger partial charge in [0.2, 0.25) is 5.91 Å². The highest BCUT2D eigenvalue weighted by Crippen LogP contribution is 2.29.